The molecule has 0 atom stereocenters. The predicted molar refractivity (Wildman–Crippen MR) is 73.8 cm³/mol. The summed E-state index contributed by atoms with van der Waals surface area (Å²) in [7, 11) is 1.89. The van der Waals surface area contributed by atoms with Crippen LogP contribution in [0.2, 0.25) is 0 Å². The number of aryl methyl sites for hydroxylation is 1. The van der Waals surface area contributed by atoms with Crippen molar-refractivity contribution < 1.29 is 0 Å². The highest BCUT2D eigenvalue weighted by atomic mass is 79.9. The molecule has 0 aliphatic carbocycles. The second kappa shape index (κ2) is 4.12. The van der Waals surface area contributed by atoms with Gasteiger partial charge in [-0.25, -0.2) is 4.98 Å². The van der Waals surface area contributed by atoms with Gasteiger partial charge in [0.2, 0.25) is 0 Å². The lowest BCUT2D eigenvalue weighted by Crippen LogP contribution is -1.87. The van der Waals surface area contributed by atoms with Crippen molar-refractivity contribution >= 4 is 48.3 Å². The summed E-state index contributed by atoms with van der Waals surface area (Å²) in [4.78, 5) is 4.52. The number of anilines is 2. The Morgan fingerprint density at radius 1 is 1.41 bits per heavy atom. The molecule has 0 amide bonds. The number of halogens is 1. The van der Waals surface area contributed by atoms with E-state index in [0.29, 0.717) is 0 Å². The van der Waals surface area contributed by atoms with Crippen molar-refractivity contribution in [2.75, 3.05) is 5.32 Å². The fourth-order valence-electron chi connectivity index (χ4n) is 1.56. The van der Waals surface area contributed by atoms with Gasteiger partial charge in [0.25, 0.3) is 0 Å². The summed E-state index contributed by atoms with van der Waals surface area (Å²) in [5.41, 5.74) is 1.95. The third-order valence-corrected chi connectivity index (χ3v) is 3.75. The van der Waals surface area contributed by atoms with Crippen LogP contribution < -0.4 is 5.32 Å². The van der Waals surface area contributed by atoms with Gasteiger partial charge in [-0.05, 0) is 18.2 Å². The molecule has 86 valence electrons. The molecule has 0 saturated heterocycles. The zero-order chi connectivity index (χ0) is 11.8. The number of thiazole rings is 1. The van der Waals surface area contributed by atoms with Gasteiger partial charge in [-0.3, -0.25) is 4.68 Å². The molecule has 0 saturated carbocycles. The zero-order valence-electron chi connectivity index (χ0n) is 9.01. The number of hydrogen-bond acceptors (Lipinski definition) is 4. The van der Waals surface area contributed by atoms with Gasteiger partial charge in [-0.1, -0.05) is 27.3 Å². The van der Waals surface area contributed by atoms with Crippen LogP contribution in [0.25, 0.3) is 10.2 Å². The molecule has 3 rings (SSSR count). The average molecular weight is 309 g/mol. The third-order valence-electron chi connectivity index (χ3n) is 2.31. The maximum Gasteiger partial charge on any atom is 0.188 e. The summed E-state index contributed by atoms with van der Waals surface area (Å²) >= 11 is 5.07. The monoisotopic (exact) mass is 308 g/mol. The lowest BCUT2D eigenvalue weighted by Gasteiger charge is -1.94. The number of fused-ring (bicyclic) bond motifs is 1. The third kappa shape index (κ3) is 2.18. The zero-order valence-corrected chi connectivity index (χ0v) is 11.4. The molecule has 0 unspecified atom stereocenters. The molecule has 0 aliphatic rings. The molecule has 0 radical (unpaired) electrons. The van der Waals surface area contributed by atoms with Crippen molar-refractivity contribution in [2.24, 2.45) is 7.05 Å². The molecular weight excluding hydrogens is 300 g/mol. The van der Waals surface area contributed by atoms with Gasteiger partial charge in [-0.2, -0.15) is 5.10 Å². The normalized spacial score (nSPS) is 10.9. The van der Waals surface area contributed by atoms with Gasteiger partial charge in [-0.15, -0.1) is 0 Å². The summed E-state index contributed by atoms with van der Waals surface area (Å²) in [6, 6.07) is 6.10. The SMILES string of the molecule is Cn1cc(Nc2nc3cc(Br)ccc3s2)cn1. The predicted octanol–water partition coefficient (Wildman–Crippen LogP) is 3.54. The second-order valence-corrected chi connectivity index (χ2v) is 5.61. The largest absolute Gasteiger partial charge is 0.329 e. The molecule has 0 spiro atoms. The lowest BCUT2D eigenvalue weighted by atomic mass is 10.3. The van der Waals surface area contributed by atoms with Crippen LogP contribution in [0.4, 0.5) is 10.8 Å². The molecule has 0 bridgehead atoms. The van der Waals surface area contributed by atoms with Gasteiger partial charge in [0, 0.05) is 17.7 Å². The van der Waals surface area contributed by atoms with Crippen molar-refractivity contribution in [3.8, 4) is 0 Å². The maximum atomic E-state index is 4.52. The van der Waals surface area contributed by atoms with E-state index < -0.39 is 0 Å². The first-order valence-corrected chi connectivity index (χ1v) is 6.63. The van der Waals surface area contributed by atoms with Gasteiger partial charge in [0.05, 0.1) is 22.1 Å². The first kappa shape index (κ1) is 10.7. The van der Waals surface area contributed by atoms with E-state index >= 15 is 0 Å². The molecule has 1 aromatic carbocycles. The van der Waals surface area contributed by atoms with Crippen molar-refractivity contribution in [1.29, 1.82) is 0 Å². The molecular formula is C11H9BrN4S. The Hall–Kier alpha value is -1.40. The van der Waals surface area contributed by atoms with E-state index in [0.717, 1.165) is 20.8 Å². The summed E-state index contributed by atoms with van der Waals surface area (Å²) in [6.07, 6.45) is 3.70. The molecule has 0 fully saturated rings. The minimum Gasteiger partial charge on any atom is -0.329 e. The molecule has 6 heteroatoms. The lowest BCUT2D eigenvalue weighted by molar-refractivity contribution is 0.768. The maximum absolute atomic E-state index is 4.52. The van der Waals surface area contributed by atoms with E-state index in [-0.39, 0.29) is 0 Å². The molecule has 0 aliphatic heterocycles. The summed E-state index contributed by atoms with van der Waals surface area (Å²) < 4.78 is 3.97. The van der Waals surface area contributed by atoms with Crippen LogP contribution in [0, 0.1) is 0 Å². The Morgan fingerprint density at radius 2 is 2.29 bits per heavy atom. The second-order valence-electron chi connectivity index (χ2n) is 3.66. The van der Waals surface area contributed by atoms with E-state index in [1.165, 1.54) is 4.70 Å². The molecule has 3 aromatic rings. The van der Waals surface area contributed by atoms with Gasteiger partial charge in [0.1, 0.15) is 0 Å². The van der Waals surface area contributed by atoms with Crippen molar-refractivity contribution in [1.82, 2.24) is 14.8 Å². The van der Waals surface area contributed by atoms with E-state index in [1.54, 1.807) is 22.2 Å². The number of nitrogens with one attached hydrogen (secondary N) is 1. The number of aromatic nitrogens is 3. The van der Waals surface area contributed by atoms with E-state index in [9.17, 15) is 0 Å². The molecule has 2 heterocycles. The molecule has 2 aromatic heterocycles. The van der Waals surface area contributed by atoms with Gasteiger partial charge >= 0.3 is 0 Å². The smallest absolute Gasteiger partial charge is 0.188 e. The number of rotatable bonds is 2. The first-order chi connectivity index (χ1) is 8.20. The van der Waals surface area contributed by atoms with E-state index in [4.69, 9.17) is 0 Å². The van der Waals surface area contributed by atoms with Crippen LogP contribution in [0.1, 0.15) is 0 Å². The minimum absolute atomic E-state index is 0.881. The van der Waals surface area contributed by atoms with Crippen LogP contribution in [0.3, 0.4) is 0 Å². The fraction of sp³-hybridized carbons (Fsp3) is 0.0909. The fourth-order valence-corrected chi connectivity index (χ4v) is 2.78. The Kier molecular flexibility index (Phi) is 2.60. The minimum atomic E-state index is 0.881. The topological polar surface area (TPSA) is 42.7 Å². The Morgan fingerprint density at radius 3 is 3.06 bits per heavy atom. The highest BCUT2D eigenvalue weighted by molar-refractivity contribution is 9.10. The van der Waals surface area contributed by atoms with Crippen molar-refractivity contribution in [3.05, 3.63) is 35.1 Å². The molecule has 17 heavy (non-hydrogen) atoms. The van der Waals surface area contributed by atoms with Crippen LogP contribution in [0.5, 0.6) is 0 Å². The van der Waals surface area contributed by atoms with E-state index in [1.807, 2.05) is 25.4 Å². The van der Waals surface area contributed by atoms with Crippen molar-refractivity contribution in [3.63, 3.8) is 0 Å². The standard InChI is InChI=1S/C11H9BrN4S/c1-16-6-8(5-13-16)14-11-15-9-4-7(12)2-3-10(9)17-11/h2-6H,1H3,(H,14,15). The Balaban J connectivity index is 1.95. The summed E-state index contributed by atoms with van der Waals surface area (Å²) in [6.45, 7) is 0. The number of nitrogens with zero attached hydrogens (tertiary/aromatic N) is 3. The summed E-state index contributed by atoms with van der Waals surface area (Å²) in [5, 5.41) is 8.23. The summed E-state index contributed by atoms with van der Waals surface area (Å²) in [5.74, 6) is 0. The van der Waals surface area contributed by atoms with Crippen LogP contribution in [0.15, 0.2) is 35.1 Å². The average Bonchev–Trinajstić information content (AvgIpc) is 2.84. The number of benzene rings is 1. The Bertz CT molecular complexity index is 673. The number of hydrogen-bond donors (Lipinski definition) is 1. The van der Waals surface area contributed by atoms with Crippen LogP contribution in [-0.4, -0.2) is 14.8 Å². The Labute approximate surface area is 110 Å². The first-order valence-electron chi connectivity index (χ1n) is 5.02. The highest BCUT2D eigenvalue weighted by Gasteiger charge is 2.05. The quantitative estimate of drug-likeness (QED) is 0.787. The van der Waals surface area contributed by atoms with Gasteiger partial charge in [0.15, 0.2) is 5.13 Å². The molecule has 4 nitrogen and oxygen atoms in total. The highest BCUT2D eigenvalue weighted by Crippen LogP contribution is 2.29. The van der Waals surface area contributed by atoms with Crippen LogP contribution >= 0.6 is 27.3 Å². The van der Waals surface area contributed by atoms with E-state index in [2.05, 4.69) is 37.4 Å². The van der Waals surface area contributed by atoms with Crippen LogP contribution in [-0.2, 0) is 7.05 Å². The van der Waals surface area contributed by atoms with Gasteiger partial charge < -0.3 is 5.32 Å². The van der Waals surface area contributed by atoms with Crippen molar-refractivity contribution in [2.45, 2.75) is 0 Å². The molecule has 1 N–H and O–H groups in total.